The molecule has 3 aliphatic rings. The number of hydrogen-bond donors (Lipinski definition) is 2. The Kier molecular flexibility index (Phi) is 15.3. The highest BCUT2D eigenvalue weighted by atomic mass is 35.5. The highest BCUT2D eigenvalue weighted by molar-refractivity contribution is 7.94. The largest absolute Gasteiger partial charge is 0.443 e. The molecule has 1 aliphatic carbocycles. The SMILES string of the molecule is CCN(C(=O)OC(C)(C)C)C1=C(C=CC2=[N+](CCCCS(=O)(=O)O)c3ccc(Cl)cc3C2(C)C)CCC1=CC=C1N(CCCCSOOO)c2ccc(Cl)cc2C1(C)C. The topological polar surface area (TPSA) is 129 Å². The minimum Gasteiger partial charge on any atom is -0.443 e. The van der Waals surface area contributed by atoms with Gasteiger partial charge in [0, 0.05) is 81.9 Å². The van der Waals surface area contributed by atoms with Crippen LogP contribution in [-0.2, 0) is 35.1 Å². The molecular weight excluding hydrogens is 834 g/mol. The Morgan fingerprint density at radius 1 is 0.966 bits per heavy atom. The quantitative estimate of drug-likeness (QED) is 0.0395. The molecule has 11 nitrogen and oxygen atoms in total. The lowest BCUT2D eigenvalue weighted by atomic mass is 9.81. The molecule has 0 saturated carbocycles. The molecule has 5 rings (SSSR count). The van der Waals surface area contributed by atoms with E-state index in [2.05, 4.69) is 76.9 Å². The summed E-state index contributed by atoms with van der Waals surface area (Å²) in [4.78, 5) is 18.0. The average molecular weight is 892 g/mol. The summed E-state index contributed by atoms with van der Waals surface area (Å²) in [5.74, 6) is 0.352. The summed E-state index contributed by atoms with van der Waals surface area (Å²) in [6.07, 6.45) is 12.1. The first-order valence-corrected chi connectivity index (χ1v) is 23.4. The number of anilines is 1. The van der Waals surface area contributed by atoms with Gasteiger partial charge in [0.25, 0.3) is 10.1 Å². The number of benzene rings is 2. The Morgan fingerprint density at radius 3 is 2.32 bits per heavy atom. The molecule has 59 heavy (non-hydrogen) atoms. The maximum Gasteiger partial charge on any atom is 0.414 e. The van der Waals surface area contributed by atoms with Crippen LogP contribution in [0.2, 0.25) is 10.0 Å². The van der Waals surface area contributed by atoms with Crippen molar-refractivity contribution < 1.29 is 41.7 Å². The highest BCUT2D eigenvalue weighted by Gasteiger charge is 2.45. The maximum atomic E-state index is 14.0. The zero-order valence-corrected chi connectivity index (χ0v) is 38.5. The van der Waals surface area contributed by atoms with Crippen LogP contribution in [0.3, 0.4) is 0 Å². The summed E-state index contributed by atoms with van der Waals surface area (Å²) in [5, 5.41) is 13.5. The number of ether oxygens (including phenoxy) is 1. The molecule has 2 aliphatic heterocycles. The molecule has 2 aromatic rings. The normalized spacial score (nSPS) is 18.8. The van der Waals surface area contributed by atoms with E-state index >= 15 is 0 Å². The molecule has 0 unspecified atom stereocenters. The summed E-state index contributed by atoms with van der Waals surface area (Å²) in [7, 11) is -4.07. The van der Waals surface area contributed by atoms with Gasteiger partial charge in [0.05, 0.1) is 16.9 Å². The van der Waals surface area contributed by atoms with Crippen LogP contribution in [0.5, 0.6) is 0 Å². The number of hydrogen-bond acceptors (Lipinski definition) is 9. The first-order chi connectivity index (χ1) is 27.7. The Hall–Kier alpha value is -3.14. The second-order valence-corrected chi connectivity index (χ2v) is 20.3. The van der Waals surface area contributed by atoms with Crippen molar-refractivity contribution in [1.29, 1.82) is 0 Å². The van der Waals surface area contributed by atoms with E-state index < -0.39 is 27.2 Å². The molecule has 1 amide bonds. The predicted molar refractivity (Wildman–Crippen MR) is 238 cm³/mol. The fourth-order valence-electron chi connectivity index (χ4n) is 8.26. The number of carbonyl (C=O) groups is 1. The van der Waals surface area contributed by atoms with Crippen molar-refractivity contribution in [2.45, 2.75) is 110 Å². The van der Waals surface area contributed by atoms with Gasteiger partial charge in [0.1, 0.15) is 12.1 Å². The molecule has 0 atom stereocenters. The van der Waals surface area contributed by atoms with Gasteiger partial charge in [-0.2, -0.15) is 13.0 Å². The predicted octanol–water partition coefficient (Wildman–Crippen LogP) is 11.4. The van der Waals surface area contributed by atoms with Gasteiger partial charge >= 0.3 is 6.09 Å². The fourth-order valence-corrected chi connectivity index (χ4v) is 9.60. The number of amides is 1. The van der Waals surface area contributed by atoms with E-state index in [1.807, 2.05) is 58.0 Å². The van der Waals surface area contributed by atoms with E-state index in [9.17, 15) is 17.8 Å². The number of rotatable bonds is 17. The van der Waals surface area contributed by atoms with Gasteiger partial charge in [-0.05, 0) is 127 Å². The molecule has 0 aromatic heterocycles. The van der Waals surface area contributed by atoms with Crippen LogP contribution >= 0.6 is 35.2 Å². The first kappa shape index (κ1) is 46.9. The van der Waals surface area contributed by atoms with E-state index in [-0.39, 0.29) is 11.2 Å². The third-order valence-corrected chi connectivity index (χ3v) is 12.9. The lowest BCUT2D eigenvalue weighted by Crippen LogP contribution is -2.36. The summed E-state index contributed by atoms with van der Waals surface area (Å²) in [6.45, 7) is 17.9. The number of fused-ring (bicyclic) bond motifs is 2. The van der Waals surface area contributed by atoms with E-state index in [0.717, 1.165) is 82.2 Å². The molecular formula is C44H58Cl2N3O8S2+. The zero-order valence-electron chi connectivity index (χ0n) is 35.3. The molecule has 322 valence electrons. The number of carbonyl (C=O) groups excluding carboxylic acids is 1. The monoisotopic (exact) mass is 890 g/mol. The second-order valence-electron chi connectivity index (χ2n) is 17.1. The molecule has 0 saturated heterocycles. The second kappa shape index (κ2) is 19.3. The molecule has 2 heterocycles. The number of unbranched alkanes of at least 4 members (excludes halogenated alkanes) is 2. The van der Waals surface area contributed by atoms with Gasteiger partial charge in [-0.1, -0.05) is 54.2 Å². The van der Waals surface area contributed by atoms with Crippen molar-refractivity contribution >= 4 is 68.5 Å². The average Bonchev–Trinajstić information content (AvgIpc) is 3.69. The van der Waals surface area contributed by atoms with Crippen molar-refractivity contribution in [2.75, 3.05) is 36.0 Å². The van der Waals surface area contributed by atoms with E-state index in [1.165, 1.54) is 0 Å². The molecule has 0 radical (unpaired) electrons. The van der Waals surface area contributed by atoms with Crippen LogP contribution in [0.4, 0.5) is 16.2 Å². The zero-order chi connectivity index (χ0) is 43.3. The van der Waals surface area contributed by atoms with E-state index in [0.29, 0.717) is 54.6 Å². The lowest BCUT2D eigenvalue weighted by molar-refractivity contribution is -0.438. The Morgan fingerprint density at radius 2 is 1.66 bits per heavy atom. The standard InChI is InChI=1S/C44H57Cl2N3O8S2/c1-9-47(41(50)55-42(2,3)4)40-30(16-22-38-43(5,6)34-28-32(45)18-20-36(34)48(38)24-10-12-26-58-57-56-51)14-15-31(40)17-23-39-44(7,8)35-29-33(46)19-21-37(35)49(39)25-11-13-27-59(52,53)54/h16-23,28-29H,9-15,24-27H2,1-8H3,(H-,51,52,53,54)/p+1. The summed E-state index contributed by atoms with van der Waals surface area (Å²) >= 11 is 14.1. The van der Waals surface area contributed by atoms with Gasteiger partial charge in [-0.25, -0.2) is 10.1 Å². The minimum atomic E-state index is -4.07. The molecule has 2 N–H and O–H groups in total. The van der Waals surface area contributed by atoms with Gasteiger partial charge in [0.15, 0.2) is 5.71 Å². The number of likely N-dealkylation sites (N-methyl/N-ethyl adjacent to an activating group) is 1. The van der Waals surface area contributed by atoms with E-state index in [4.69, 9.17) is 33.2 Å². The first-order valence-electron chi connectivity index (χ1n) is 20.1. The maximum absolute atomic E-state index is 14.0. The molecule has 15 heteroatoms. The van der Waals surface area contributed by atoms with Gasteiger partial charge < -0.3 is 9.64 Å². The smallest absolute Gasteiger partial charge is 0.414 e. The number of nitrogens with zero attached hydrogens (tertiary/aromatic N) is 3. The van der Waals surface area contributed by atoms with Crippen LogP contribution < -0.4 is 4.90 Å². The fraction of sp³-hybridized carbons (Fsp3) is 0.500. The van der Waals surface area contributed by atoms with Crippen LogP contribution in [0.25, 0.3) is 0 Å². The summed E-state index contributed by atoms with van der Waals surface area (Å²) in [5.41, 5.74) is 7.75. The highest BCUT2D eigenvalue weighted by Crippen LogP contribution is 2.49. The molecule has 2 aromatic carbocycles. The van der Waals surface area contributed by atoms with Crippen LogP contribution in [0.15, 0.2) is 83.2 Å². The number of allylic oxidation sites excluding steroid dienone is 7. The van der Waals surface area contributed by atoms with Crippen LogP contribution in [0.1, 0.15) is 105 Å². The van der Waals surface area contributed by atoms with Gasteiger partial charge in [0.2, 0.25) is 5.69 Å². The molecule has 0 spiro atoms. The Balaban J connectivity index is 1.59. The van der Waals surface area contributed by atoms with Crippen molar-refractivity contribution in [3.8, 4) is 0 Å². The third kappa shape index (κ3) is 11.2. The van der Waals surface area contributed by atoms with Crippen molar-refractivity contribution in [1.82, 2.24) is 4.90 Å². The van der Waals surface area contributed by atoms with Crippen molar-refractivity contribution in [3.05, 3.63) is 104 Å². The molecule has 0 fully saturated rings. The minimum absolute atomic E-state index is 0.299. The van der Waals surface area contributed by atoms with Gasteiger partial charge in [-0.15, -0.1) is 4.33 Å². The Bertz CT molecular complexity index is 2170. The van der Waals surface area contributed by atoms with Crippen LogP contribution in [-0.4, -0.2) is 76.2 Å². The number of halogens is 2. The lowest BCUT2D eigenvalue weighted by Gasteiger charge is -2.29. The van der Waals surface area contributed by atoms with E-state index in [1.54, 1.807) is 4.90 Å². The summed E-state index contributed by atoms with van der Waals surface area (Å²) < 4.78 is 45.1. The van der Waals surface area contributed by atoms with Crippen LogP contribution in [0, 0.1) is 0 Å². The third-order valence-electron chi connectivity index (χ3n) is 11.0. The Labute approximate surface area is 364 Å². The van der Waals surface area contributed by atoms with Crippen molar-refractivity contribution in [3.63, 3.8) is 0 Å². The van der Waals surface area contributed by atoms with Gasteiger partial charge in [-0.3, -0.25) is 9.45 Å². The van der Waals surface area contributed by atoms with Crippen molar-refractivity contribution in [2.24, 2.45) is 0 Å². The summed E-state index contributed by atoms with van der Waals surface area (Å²) in [6, 6.07) is 11.9. The molecule has 0 bridgehead atoms.